The topological polar surface area (TPSA) is 67.6 Å². The Morgan fingerprint density at radius 3 is 2.81 bits per heavy atom. The molecule has 6 heteroatoms. The van der Waals surface area contributed by atoms with Gasteiger partial charge in [-0.25, -0.2) is 0 Å². The summed E-state index contributed by atoms with van der Waals surface area (Å²) >= 11 is 1.44. The molecule has 1 unspecified atom stereocenters. The Bertz CT molecular complexity index is 513. The zero-order chi connectivity index (χ0) is 15.6. The monoisotopic (exact) mass is 311 g/mol. The van der Waals surface area contributed by atoms with Crippen LogP contribution in [0.25, 0.3) is 0 Å². The average Bonchev–Trinajstić information content (AvgIpc) is 2.95. The molecule has 0 bridgehead atoms. The van der Waals surface area contributed by atoms with Crippen LogP contribution in [0.15, 0.2) is 0 Å². The van der Waals surface area contributed by atoms with Gasteiger partial charge in [-0.15, -0.1) is 11.3 Å². The largest absolute Gasteiger partial charge is 0.486 e. The highest BCUT2D eigenvalue weighted by Crippen LogP contribution is 2.46. The summed E-state index contributed by atoms with van der Waals surface area (Å²) in [6, 6.07) is 0. The summed E-state index contributed by atoms with van der Waals surface area (Å²) in [5, 5.41) is 3.81. The van der Waals surface area contributed by atoms with Gasteiger partial charge in [0, 0.05) is 19.6 Å². The first-order valence-electron chi connectivity index (χ1n) is 7.56. The fourth-order valence-electron chi connectivity index (χ4n) is 2.50. The maximum absolute atomic E-state index is 12.1. The Hall–Kier alpha value is -1.43. The van der Waals surface area contributed by atoms with E-state index in [0.717, 1.165) is 24.5 Å². The summed E-state index contributed by atoms with van der Waals surface area (Å²) in [7, 11) is 0. The van der Waals surface area contributed by atoms with Crippen LogP contribution in [0, 0.1) is 5.92 Å². The van der Waals surface area contributed by atoms with E-state index >= 15 is 0 Å². The van der Waals surface area contributed by atoms with Gasteiger partial charge < -0.3 is 20.7 Å². The molecule has 0 aliphatic carbocycles. The number of thiophene rings is 1. The molecule has 1 atom stereocenters. The highest BCUT2D eigenvalue weighted by Gasteiger charge is 2.29. The van der Waals surface area contributed by atoms with Crippen molar-refractivity contribution in [2.45, 2.75) is 40.2 Å². The molecule has 0 spiro atoms. The molecule has 1 aromatic heterocycles. The van der Waals surface area contributed by atoms with E-state index in [1.54, 1.807) is 0 Å². The van der Waals surface area contributed by atoms with E-state index in [1.807, 2.05) is 20.8 Å². The van der Waals surface area contributed by atoms with Crippen LogP contribution >= 0.6 is 11.3 Å². The SMILES string of the molecule is CCNC(=O)c1sc(N2CCC(C)C2)c(OC(C)C)c1N. The van der Waals surface area contributed by atoms with Gasteiger partial charge in [-0.05, 0) is 33.1 Å². The number of amides is 1. The van der Waals surface area contributed by atoms with E-state index < -0.39 is 0 Å². The van der Waals surface area contributed by atoms with Gasteiger partial charge in [-0.1, -0.05) is 6.92 Å². The van der Waals surface area contributed by atoms with Gasteiger partial charge in [-0.3, -0.25) is 4.79 Å². The first-order chi connectivity index (χ1) is 9.93. The molecule has 3 N–H and O–H groups in total. The molecule has 118 valence electrons. The van der Waals surface area contributed by atoms with Crippen molar-refractivity contribution in [2.75, 3.05) is 30.3 Å². The number of nitrogen functional groups attached to an aromatic ring is 1. The lowest BCUT2D eigenvalue weighted by atomic mass is 10.2. The Morgan fingerprint density at radius 1 is 1.57 bits per heavy atom. The number of nitrogens with zero attached hydrogens (tertiary/aromatic N) is 1. The summed E-state index contributed by atoms with van der Waals surface area (Å²) in [5.74, 6) is 1.21. The number of carbonyl (C=O) groups is 1. The van der Waals surface area contributed by atoms with Crippen LogP contribution in [-0.4, -0.2) is 31.6 Å². The summed E-state index contributed by atoms with van der Waals surface area (Å²) in [6.07, 6.45) is 1.19. The normalized spacial score (nSPS) is 18.3. The number of rotatable bonds is 5. The van der Waals surface area contributed by atoms with Gasteiger partial charge in [0.2, 0.25) is 0 Å². The average molecular weight is 311 g/mol. The standard InChI is InChI=1S/C15H25N3O2S/c1-5-17-14(19)13-11(16)12(20-9(2)3)15(21-13)18-7-6-10(4)8-18/h9-10H,5-8,16H2,1-4H3,(H,17,19). The Balaban J connectivity index is 2.37. The lowest BCUT2D eigenvalue weighted by molar-refractivity contribution is 0.0960. The molecule has 1 aliphatic heterocycles. The first kappa shape index (κ1) is 15.9. The number of nitrogens with two attached hydrogens (primary N) is 1. The molecule has 0 saturated carbocycles. The van der Waals surface area contributed by atoms with E-state index in [-0.39, 0.29) is 12.0 Å². The van der Waals surface area contributed by atoms with Crippen LogP contribution in [0.5, 0.6) is 5.75 Å². The molecule has 5 nitrogen and oxygen atoms in total. The van der Waals surface area contributed by atoms with Gasteiger partial charge in [-0.2, -0.15) is 0 Å². The van der Waals surface area contributed by atoms with Crippen LogP contribution in [0.3, 0.4) is 0 Å². The highest BCUT2D eigenvalue weighted by molar-refractivity contribution is 7.19. The van der Waals surface area contributed by atoms with Crippen molar-refractivity contribution < 1.29 is 9.53 Å². The molecule has 0 radical (unpaired) electrons. The van der Waals surface area contributed by atoms with Crippen LogP contribution in [0.4, 0.5) is 10.7 Å². The van der Waals surface area contributed by atoms with E-state index in [0.29, 0.717) is 28.8 Å². The zero-order valence-corrected chi connectivity index (χ0v) is 14.0. The molecule has 1 aliphatic rings. The molecule has 1 amide bonds. The quantitative estimate of drug-likeness (QED) is 0.877. The third-order valence-electron chi connectivity index (χ3n) is 3.49. The maximum Gasteiger partial charge on any atom is 0.263 e. The van der Waals surface area contributed by atoms with E-state index in [2.05, 4.69) is 17.1 Å². The lowest BCUT2D eigenvalue weighted by Crippen LogP contribution is -2.22. The zero-order valence-electron chi connectivity index (χ0n) is 13.2. The predicted molar refractivity (Wildman–Crippen MR) is 88.5 cm³/mol. The molecule has 1 saturated heterocycles. The van der Waals surface area contributed by atoms with Crippen LogP contribution in [0.2, 0.25) is 0 Å². The number of anilines is 2. The van der Waals surface area contributed by atoms with Crippen molar-refractivity contribution in [1.82, 2.24) is 5.32 Å². The molecular weight excluding hydrogens is 286 g/mol. The van der Waals surface area contributed by atoms with Gasteiger partial charge in [0.15, 0.2) is 5.75 Å². The first-order valence-corrected chi connectivity index (χ1v) is 8.37. The summed E-state index contributed by atoms with van der Waals surface area (Å²) < 4.78 is 5.90. The van der Waals surface area contributed by atoms with Crippen molar-refractivity contribution >= 4 is 27.9 Å². The Morgan fingerprint density at radius 2 is 2.29 bits per heavy atom. The molecule has 0 aromatic carbocycles. The van der Waals surface area contributed by atoms with Gasteiger partial charge in [0.25, 0.3) is 5.91 Å². The number of nitrogens with one attached hydrogen (secondary N) is 1. The summed E-state index contributed by atoms with van der Waals surface area (Å²) in [6.45, 7) is 10.7. The molecule has 2 rings (SSSR count). The molecular formula is C15H25N3O2S. The third-order valence-corrected chi connectivity index (χ3v) is 4.74. The Kier molecular flexibility index (Phi) is 4.98. The minimum absolute atomic E-state index is 0.0303. The number of carbonyl (C=O) groups excluding carboxylic acids is 1. The number of hydrogen-bond donors (Lipinski definition) is 2. The second-order valence-corrected chi connectivity index (χ2v) is 6.84. The van der Waals surface area contributed by atoms with Crippen molar-refractivity contribution in [2.24, 2.45) is 5.92 Å². The van der Waals surface area contributed by atoms with Crippen molar-refractivity contribution in [3.63, 3.8) is 0 Å². The summed E-state index contributed by atoms with van der Waals surface area (Å²) in [5.41, 5.74) is 6.65. The fraction of sp³-hybridized carbons (Fsp3) is 0.667. The van der Waals surface area contributed by atoms with Crippen LogP contribution in [-0.2, 0) is 0 Å². The van der Waals surface area contributed by atoms with Gasteiger partial charge >= 0.3 is 0 Å². The van der Waals surface area contributed by atoms with E-state index in [9.17, 15) is 4.79 Å². The number of hydrogen-bond acceptors (Lipinski definition) is 5. The van der Waals surface area contributed by atoms with Crippen molar-refractivity contribution in [3.05, 3.63) is 4.88 Å². The minimum Gasteiger partial charge on any atom is -0.486 e. The van der Waals surface area contributed by atoms with E-state index in [4.69, 9.17) is 10.5 Å². The highest BCUT2D eigenvalue weighted by atomic mass is 32.1. The minimum atomic E-state index is -0.118. The molecule has 21 heavy (non-hydrogen) atoms. The predicted octanol–water partition coefficient (Wildman–Crippen LogP) is 2.71. The maximum atomic E-state index is 12.1. The molecule has 1 fully saturated rings. The fourth-order valence-corrected chi connectivity index (χ4v) is 3.61. The van der Waals surface area contributed by atoms with Crippen LogP contribution < -0.4 is 20.7 Å². The third kappa shape index (κ3) is 3.43. The van der Waals surface area contributed by atoms with Crippen molar-refractivity contribution in [3.8, 4) is 5.75 Å². The number of ether oxygens (including phenoxy) is 1. The second-order valence-electron chi connectivity index (χ2n) is 5.85. The smallest absolute Gasteiger partial charge is 0.263 e. The molecule has 2 heterocycles. The Labute approximate surface area is 130 Å². The van der Waals surface area contributed by atoms with Crippen LogP contribution in [0.1, 0.15) is 43.8 Å². The molecule has 1 aromatic rings. The van der Waals surface area contributed by atoms with Crippen molar-refractivity contribution in [1.29, 1.82) is 0 Å². The van der Waals surface area contributed by atoms with Gasteiger partial charge in [0.05, 0.1) is 6.10 Å². The lowest BCUT2D eigenvalue weighted by Gasteiger charge is -2.19. The second kappa shape index (κ2) is 6.56. The van der Waals surface area contributed by atoms with E-state index in [1.165, 1.54) is 11.3 Å². The van der Waals surface area contributed by atoms with Gasteiger partial charge in [0.1, 0.15) is 15.6 Å². The summed E-state index contributed by atoms with van der Waals surface area (Å²) in [4.78, 5) is 15.0.